The summed E-state index contributed by atoms with van der Waals surface area (Å²) in [7, 11) is 1.17. The number of carbonyl (C=O) groups is 2. The lowest BCUT2D eigenvalue weighted by Gasteiger charge is -2.11. The van der Waals surface area contributed by atoms with Gasteiger partial charge in [-0.3, -0.25) is 4.79 Å². The summed E-state index contributed by atoms with van der Waals surface area (Å²) in [4.78, 5) is 21.4. The van der Waals surface area contributed by atoms with Gasteiger partial charge >= 0.3 is 0 Å². The van der Waals surface area contributed by atoms with Crippen molar-refractivity contribution in [3.63, 3.8) is 0 Å². The minimum atomic E-state index is -0.531. The molecule has 1 rings (SSSR count). The van der Waals surface area contributed by atoms with Crippen LogP contribution in [0.2, 0.25) is 0 Å². The molecule has 1 radical (unpaired) electrons. The fourth-order valence-corrected chi connectivity index (χ4v) is 1.04. The number of rotatable bonds is 6. The Hall–Kier alpha value is -1.70. The van der Waals surface area contributed by atoms with E-state index in [1.807, 2.05) is 0 Å². The van der Waals surface area contributed by atoms with Gasteiger partial charge in [0.05, 0.1) is 12.2 Å². The molecule has 1 atom stereocenters. The molecule has 0 spiro atoms. The molecule has 1 aromatic rings. The van der Waals surface area contributed by atoms with Crippen LogP contribution in [0.5, 0.6) is 0 Å². The SMILES string of the molecule is CC(=O)C(Cc1nnc(C)nn1)N[B]C=O. The third-order valence-corrected chi connectivity index (χ3v) is 1.86. The first-order chi connectivity index (χ1) is 7.63. The molecule has 1 heterocycles. The van der Waals surface area contributed by atoms with Gasteiger partial charge in [-0.25, -0.2) is 0 Å². The number of carbonyl (C=O) groups excluding carboxylic acids is 2. The van der Waals surface area contributed by atoms with Crippen LogP contribution in [0, 0.1) is 6.92 Å². The largest absolute Gasteiger partial charge is 0.345 e. The third kappa shape index (κ3) is 3.81. The van der Waals surface area contributed by atoms with Crippen molar-refractivity contribution in [1.82, 2.24) is 25.6 Å². The maximum absolute atomic E-state index is 11.2. The van der Waals surface area contributed by atoms with Crippen LogP contribution >= 0.6 is 0 Å². The molecule has 16 heavy (non-hydrogen) atoms. The lowest BCUT2D eigenvalue weighted by molar-refractivity contribution is -0.118. The highest BCUT2D eigenvalue weighted by molar-refractivity contribution is 6.64. The van der Waals surface area contributed by atoms with Crippen molar-refractivity contribution in [2.75, 3.05) is 0 Å². The number of Topliss-reactive ketones (excluding diaryl/α,β-unsaturated/α-hetero) is 1. The zero-order chi connectivity index (χ0) is 12.0. The van der Waals surface area contributed by atoms with Crippen LogP contribution in [0.3, 0.4) is 0 Å². The van der Waals surface area contributed by atoms with E-state index < -0.39 is 6.04 Å². The van der Waals surface area contributed by atoms with E-state index in [-0.39, 0.29) is 12.2 Å². The second kappa shape index (κ2) is 6.01. The molecular weight excluding hydrogens is 209 g/mol. The van der Waals surface area contributed by atoms with Crippen LogP contribution in [0.15, 0.2) is 0 Å². The first kappa shape index (κ1) is 12.4. The number of nitrogens with one attached hydrogen (secondary N) is 1. The predicted octanol–water partition coefficient (Wildman–Crippen LogP) is -1.53. The molecule has 7 nitrogen and oxygen atoms in total. The van der Waals surface area contributed by atoms with Gasteiger partial charge in [0.15, 0.2) is 11.6 Å². The second-order valence-electron chi connectivity index (χ2n) is 3.20. The van der Waals surface area contributed by atoms with E-state index in [0.29, 0.717) is 17.8 Å². The Morgan fingerprint density at radius 3 is 2.56 bits per heavy atom. The van der Waals surface area contributed by atoms with Crippen LogP contribution in [0.25, 0.3) is 0 Å². The van der Waals surface area contributed by atoms with Crippen molar-refractivity contribution in [3.8, 4) is 0 Å². The smallest absolute Gasteiger partial charge is 0.290 e. The Kier molecular flexibility index (Phi) is 4.65. The average Bonchev–Trinajstić information content (AvgIpc) is 2.26. The lowest BCUT2D eigenvalue weighted by atomic mass is 9.94. The van der Waals surface area contributed by atoms with E-state index in [1.54, 1.807) is 6.92 Å². The molecule has 8 heteroatoms. The summed E-state index contributed by atoms with van der Waals surface area (Å²) < 4.78 is 0. The monoisotopic (exact) mass is 220 g/mol. The van der Waals surface area contributed by atoms with E-state index in [9.17, 15) is 9.59 Å². The van der Waals surface area contributed by atoms with Gasteiger partial charge in [0.25, 0.3) is 7.41 Å². The van der Waals surface area contributed by atoms with Crippen LogP contribution in [-0.4, -0.2) is 45.8 Å². The standard InChI is InChI=1S/C8H11BN5O2/c1-5(16)7(10-9-4-15)3-8-13-11-6(2)12-14-8/h4,7,10H,3H2,1-2H3. The molecule has 0 aromatic carbocycles. The maximum Gasteiger partial charge on any atom is 0.290 e. The molecule has 0 saturated carbocycles. The number of aromatic nitrogens is 4. The van der Waals surface area contributed by atoms with E-state index in [1.165, 1.54) is 14.3 Å². The first-order valence-corrected chi connectivity index (χ1v) is 4.70. The molecule has 0 fully saturated rings. The van der Waals surface area contributed by atoms with Crippen LogP contribution in [-0.2, 0) is 16.0 Å². The molecule has 1 N–H and O–H groups in total. The quantitative estimate of drug-likeness (QED) is 0.458. The van der Waals surface area contributed by atoms with E-state index in [4.69, 9.17) is 0 Å². The van der Waals surface area contributed by atoms with Gasteiger partial charge in [-0.15, -0.1) is 20.4 Å². The zero-order valence-electron chi connectivity index (χ0n) is 9.04. The van der Waals surface area contributed by atoms with Crippen molar-refractivity contribution < 1.29 is 9.59 Å². The van der Waals surface area contributed by atoms with Crippen LogP contribution < -0.4 is 5.23 Å². The Morgan fingerprint density at radius 2 is 2.06 bits per heavy atom. The normalized spacial score (nSPS) is 11.9. The summed E-state index contributed by atoms with van der Waals surface area (Å²) >= 11 is 0. The third-order valence-electron chi connectivity index (χ3n) is 1.86. The molecule has 0 aliphatic heterocycles. The van der Waals surface area contributed by atoms with E-state index in [2.05, 4.69) is 25.6 Å². The second-order valence-corrected chi connectivity index (χ2v) is 3.20. The summed E-state index contributed by atoms with van der Waals surface area (Å²) in [5.41, 5.74) is 0. The van der Waals surface area contributed by atoms with Crippen molar-refractivity contribution in [3.05, 3.63) is 11.6 Å². The minimum Gasteiger partial charge on any atom is -0.345 e. The van der Waals surface area contributed by atoms with E-state index in [0.717, 1.165) is 0 Å². The highest BCUT2D eigenvalue weighted by Gasteiger charge is 2.16. The fraction of sp³-hybridized carbons (Fsp3) is 0.500. The minimum absolute atomic E-state index is 0.109. The molecule has 1 aromatic heterocycles. The molecule has 0 aliphatic carbocycles. The Balaban J connectivity index is 2.63. The van der Waals surface area contributed by atoms with Crippen molar-refractivity contribution >= 4 is 19.4 Å². The Morgan fingerprint density at radius 1 is 1.44 bits per heavy atom. The summed E-state index contributed by atoms with van der Waals surface area (Å²) in [6.45, 7) is 3.09. The summed E-state index contributed by atoms with van der Waals surface area (Å²) in [6.07, 6.45) is 0.822. The molecule has 0 aliphatic rings. The summed E-state index contributed by atoms with van der Waals surface area (Å²) in [6, 6.07) is -0.531. The summed E-state index contributed by atoms with van der Waals surface area (Å²) in [5, 5.41) is 17.7. The first-order valence-electron chi connectivity index (χ1n) is 4.70. The number of hydrogen-bond donors (Lipinski definition) is 1. The Bertz CT molecular complexity index is 369. The van der Waals surface area contributed by atoms with Gasteiger partial charge in [-0.05, 0) is 13.8 Å². The molecule has 0 amide bonds. The van der Waals surface area contributed by atoms with Gasteiger partial charge < -0.3 is 10.0 Å². The van der Waals surface area contributed by atoms with Gasteiger partial charge in [0, 0.05) is 6.42 Å². The molecular formula is C8H11BN5O2. The fourth-order valence-electron chi connectivity index (χ4n) is 1.04. The number of ketones is 1. The van der Waals surface area contributed by atoms with Crippen molar-refractivity contribution in [2.45, 2.75) is 26.3 Å². The Labute approximate surface area is 93.3 Å². The van der Waals surface area contributed by atoms with Crippen LogP contribution in [0.4, 0.5) is 0 Å². The van der Waals surface area contributed by atoms with Crippen LogP contribution in [0.1, 0.15) is 18.6 Å². The van der Waals surface area contributed by atoms with Gasteiger partial charge in [0.1, 0.15) is 5.78 Å². The number of aryl methyl sites for hydroxylation is 1. The molecule has 1 unspecified atom stereocenters. The van der Waals surface area contributed by atoms with E-state index >= 15 is 0 Å². The average molecular weight is 220 g/mol. The zero-order valence-corrected chi connectivity index (χ0v) is 9.04. The topological polar surface area (TPSA) is 97.7 Å². The lowest BCUT2D eigenvalue weighted by Crippen LogP contribution is -2.40. The molecule has 0 bridgehead atoms. The van der Waals surface area contributed by atoms with Gasteiger partial charge in [0.2, 0.25) is 0 Å². The van der Waals surface area contributed by atoms with Gasteiger partial charge in [-0.1, -0.05) is 0 Å². The van der Waals surface area contributed by atoms with Gasteiger partial charge in [-0.2, -0.15) is 0 Å². The highest BCUT2D eigenvalue weighted by atomic mass is 16.1. The van der Waals surface area contributed by atoms with Crippen molar-refractivity contribution in [2.24, 2.45) is 0 Å². The maximum atomic E-state index is 11.2. The molecule has 0 saturated heterocycles. The number of hydrogen-bond acceptors (Lipinski definition) is 7. The summed E-state index contributed by atoms with van der Waals surface area (Å²) in [5.74, 6) is 0.718. The highest BCUT2D eigenvalue weighted by Crippen LogP contribution is 1.95. The predicted molar refractivity (Wildman–Crippen MR) is 56.2 cm³/mol. The van der Waals surface area contributed by atoms with Crippen molar-refractivity contribution in [1.29, 1.82) is 0 Å². The molecule has 83 valence electrons. The number of nitrogens with zero attached hydrogens (tertiary/aromatic N) is 4.